The van der Waals surface area contributed by atoms with E-state index in [9.17, 15) is 9.59 Å². The first-order valence-electron chi connectivity index (χ1n) is 12.0. The van der Waals surface area contributed by atoms with Gasteiger partial charge in [0.1, 0.15) is 12.4 Å². The monoisotopic (exact) mass is 493 g/mol. The molecular weight excluding hydrogens is 466 g/mol. The van der Waals surface area contributed by atoms with Crippen molar-refractivity contribution in [3.05, 3.63) is 83.7 Å². The van der Waals surface area contributed by atoms with Crippen LogP contribution in [0.5, 0.6) is 5.75 Å². The Balaban J connectivity index is 1.74. The largest absolute Gasteiger partial charge is 0.481 e. The van der Waals surface area contributed by atoms with Gasteiger partial charge in [-0.1, -0.05) is 50.1 Å². The van der Waals surface area contributed by atoms with Gasteiger partial charge in [-0.2, -0.15) is 0 Å². The molecule has 0 fully saturated rings. The van der Waals surface area contributed by atoms with Gasteiger partial charge in [-0.25, -0.2) is 14.8 Å². The number of hydrogen-bond acceptors (Lipinski definition) is 6. The van der Waals surface area contributed by atoms with Gasteiger partial charge in [-0.3, -0.25) is 4.79 Å². The maximum Gasteiger partial charge on any atom is 0.338 e. The summed E-state index contributed by atoms with van der Waals surface area (Å²) in [6, 6.07) is 19.9. The van der Waals surface area contributed by atoms with E-state index in [0.717, 1.165) is 10.9 Å². The zero-order chi connectivity index (χ0) is 26.4. The lowest BCUT2D eigenvalue weighted by Gasteiger charge is -2.12. The molecule has 0 bridgehead atoms. The van der Waals surface area contributed by atoms with Gasteiger partial charge in [0.05, 0.1) is 23.4 Å². The number of esters is 1. The van der Waals surface area contributed by atoms with Gasteiger partial charge >= 0.3 is 5.97 Å². The molecule has 4 aromatic rings. The number of amides is 1. The molecule has 0 saturated carbocycles. The van der Waals surface area contributed by atoms with Crippen LogP contribution in [0.4, 0.5) is 5.69 Å². The van der Waals surface area contributed by atoms with Crippen LogP contribution in [0.25, 0.3) is 22.2 Å². The second kappa shape index (κ2) is 11.4. The molecule has 7 heteroatoms. The van der Waals surface area contributed by atoms with E-state index in [1.807, 2.05) is 30.3 Å². The molecule has 1 aromatic heterocycles. The summed E-state index contributed by atoms with van der Waals surface area (Å²) in [6.07, 6.45) is 5.34. The Labute approximate surface area is 215 Å². The second-order valence-corrected chi connectivity index (χ2v) is 8.60. The van der Waals surface area contributed by atoms with Gasteiger partial charge in [0.25, 0.3) is 5.91 Å². The first-order valence-corrected chi connectivity index (χ1v) is 12.0. The van der Waals surface area contributed by atoms with Crippen molar-refractivity contribution in [3.63, 3.8) is 0 Å². The van der Waals surface area contributed by atoms with E-state index in [4.69, 9.17) is 15.9 Å². The van der Waals surface area contributed by atoms with Crippen molar-refractivity contribution in [1.29, 1.82) is 0 Å². The molecule has 0 aliphatic carbocycles. The highest BCUT2D eigenvalue weighted by Gasteiger charge is 2.17. The Morgan fingerprint density at radius 1 is 1.03 bits per heavy atom. The van der Waals surface area contributed by atoms with Gasteiger partial charge in [0.15, 0.2) is 0 Å². The summed E-state index contributed by atoms with van der Waals surface area (Å²) in [4.78, 5) is 34.4. The van der Waals surface area contributed by atoms with E-state index in [2.05, 4.69) is 35.1 Å². The summed E-state index contributed by atoms with van der Waals surface area (Å²) in [5, 5.41) is 3.51. The Morgan fingerprint density at radius 3 is 2.51 bits per heavy atom. The number of benzene rings is 3. The highest BCUT2D eigenvalue weighted by Crippen LogP contribution is 2.30. The summed E-state index contributed by atoms with van der Waals surface area (Å²) in [5.41, 5.74) is 3.97. The fraction of sp³-hybridized carbons (Fsp3) is 0.200. The molecule has 1 amide bonds. The molecule has 1 heterocycles. The maximum absolute atomic E-state index is 13.2. The third-order valence-corrected chi connectivity index (χ3v) is 5.67. The zero-order valence-electron chi connectivity index (χ0n) is 20.9. The van der Waals surface area contributed by atoms with Crippen molar-refractivity contribution in [2.45, 2.75) is 26.7 Å². The van der Waals surface area contributed by atoms with E-state index in [1.54, 1.807) is 43.3 Å². The van der Waals surface area contributed by atoms with Gasteiger partial charge in [-0.05, 0) is 54.8 Å². The molecule has 0 saturated heterocycles. The van der Waals surface area contributed by atoms with Crippen LogP contribution in [0, 0.1) is 12.3 Å². The predicted octanol–water partition coefficient (Wildman–Crippen LogP) is 5.86. The van der Waals surface area contributed by atoms with Crippen LogP contribution >= 0.6 is 0 Å². The smallest absolute Gasteiger partial charge is 0.338 e. The molecule has 0 aliphatic rings. The lowest BCUT2D eigenvalue weighted by Crippen LogP contribution is -2.17. The standard InChI is InChI=1S/C30H27N3O4/c1-5-16-37-24-14-15-26-25(18-24)27(21-12-10-20(11-13-21)19(3)4)33-28(32-26)29(34)31-23-9-7-8-22(17-23)30(35)36-6-2/h1,7-15,17-19H,6,16H2,2-4H3,(H,31,34). The molecule has 186 valence electrons. The maximum atomic E-state index is 13.2. The van der Waals surface area contributed by atoms with Crippen molar-refractivity contribution in [3.8, 4) is 29.4 Å². The third-order valence-electron chi connectivity index (χ3n) is 5.67. The van der Waals surface area contributed by atoms with Crippen LogP contribution in [0.2, 0.25) is 0 Å². The highest BCUT2D eigenvalue weighted by molar-refractivity contribution is 6.05. The molecule has 0 radical (unpaired) electrons. The lowest BCUT2D eigenvalue weighted by atomic mass is 9.99. The normalized spacial score (nSPS) is 10.7. The number of ether oxygens (including phenoxy) is 2. The number of carbonyl (C=O) groups is 2. The van der Waals surface area contributed by atoms with Crippen molar-refractivity contribution < 1.29 is 19.1 Å². The summed E-state index contributed by atoms with van der Waals surface area (Å²) in [6.45, 7) is 6.39. The summed E-state index contributed by atoms with van der Waals surface area (Å²) < 4.78 is 10.6. The van der Waals surface area contributed by atoms with Crippen LogP contribution in [0.3, 0.4) is 0 Å². The number of nitrogens with one attached hydrogen (secondary N) is 1. The van der Waals surface area contributed by atoms with E-state index in [0.29, 0.717) is 34.1 Å². The minimum absolute atomic E-state index is 0.00531. The quantitative estimate of drug-likeness (QED) is 0.244. The summed E-state index contributed by atoms with van der Waals surface area (Å²) in [7, 11) is 0. The average Bonchev–Trinajstić information content (AvgIpc) is 2.91. The molecule has 0 unspecified atom stereocenters. The molecule has 4 rings (SSSR count). The number of anilines is 1. The third kappa shape index (κ3) is 5.93. The van der Waals surface area contributed by atoms with Crippen molar-refractivity contribution in [2.75, 3.05) is 18.5 Å². The first-order chi connectivity index (χ1) is 17.9. The molecular formula is C30H27N3O4. The predicted molar refractivity (Wildman–Crippen MR) is 144 cm³/mol. The van der Waals surface area contributed by atoms with Crippen LogP contribution in [0.1, 0.15) is 53.2 Å². The highest BCUT2D eigenvalue weighted by atomic mass is 16.5. The SMILES string of the molecule is C#CCOc1ccc2nc(C(=O)Nc3cccc(C(=O)OCC)c3)nc(-c3ccc(C(C)C)cc3)c2c1. The molecule has 0 atom stereocenters. The fourth-order valence-corrected chi connectivity index (χ4v) is 3.80. The number of rotatable bonds is 8. The van der Waals surface area contributed by atoms with Crippen LogP contribution in [0.15, 0.2) is 66.7 Å². The Bertz CT molecular complexity index is 1490. The Hall–Kier alpha value is -4.70. The van der Waals surface area contributed by atoms with Gasteiger partial charge in [0, 0.05) is 16.6 Å². The number of terminal acetylenes is 1. The fourth-order valence-electron chi connectivity index (χ4n) is 3.80. The molecule has 37 heavy (non-hydrogen) atoms. The van der Waals surface area contributed by atoms with E-state index < -0.39 is 11.9 Å². The molecule has 7 nitrogen and oxygen atoms in total. The van der Waals surface area contributed by atoms with Gasteiger partial charge in [0.2, 0.25) is 5.82 Å². The minimum atomic E-state index is -0.504. The van der Waals surface area contributed by atoms with Crippen LogP contribution in [-0.2, 0) is 4.74 Å². The second-order valence-electron chi connectivity index (χ2n) is 8.60. The first kappa shape index (κ1) is 25.4. The molecule has 1 N–H and O–H groups in total. The van der Waals surface area contributed by atoms with Crippen molar-refractivity contribution >= 4 is 28.5 Å². The Kier molecular flexibility index (Phi) is 7.80. The van der Waals surface area contributed by atoms with E-state index in [1.165, 1.54) is 5.56 Å². The Morgan fingerprint density at radius 2 is 1.81 bits per heavy atom. The van der Waals surface area contributed by atoms with Crippen LogP contribution < -0.4 is 10.1 Å². The van der Waals surface area contributed by atoms with Gasteiger partial charge < -0.3 is 14.8 Å². The lowest BCUT2D eigenvalue weighted by molar-refractivity contribution is 0.0526. The molecule has 0 spiro atoms. The zero-order valence-corrected chi connectivity index (χ0v) is 20.9. The number of aromatic nitrogens is 2. The average molecular weight is 494 g/mol. The van der Waals surface area contributed by atoms with E-state index in [-0.39, 0.29) is 19.0 Å². The number of hydrogen-bond donors (Lipinski definition) is 1. The van der Waals surface area contributed by atoms with Gasteiger partial charge in [-0.15, -0.1) is 6.42 Å². The topological polar surface area (TPSA) is 90.4 Å². The number of nitrogens with zero attached hydrogens (tertiary/aromatic N) is 2. The summed E-state index contributed by atoms with van der Waals surface area (Å²) >= 11 is 0. The van der Waals surface area contributed by atoms with Crippen LogP contribution in [-0.4, -0.2) is 35.1 Å². The molecule has 3 aromatic carbocycles. The number of fused-ring (bicyclic) bond motifs is 1. The number of carbonyl (C=O) groups excluding carboxylic acids is 2. The minimum Gasteiger partial charge on any atom is -0.481 e. The summed E-state index contributed by atoms with van der Waals surface area (Å²) in [5.74, 6) is 2.45. The van der Waals surface area contributed by atoms with E-state index >= 15 is 0 Å². The van der Waals surface area contributed by atoms with Crippen molar-refractivity contribution in [1.82, 2.24) is 9.97 Å². The van der Waals surface area contributed by atoms with Crippen molar-refractivity contribution in [2.24, 2.45) is 0 Å². The molecule has 0 aliphatic heterocycles.